The highest BCUT2D eigenvalue weighted by molar-refractivity contribution is 5.95. The van der Waals surface area contributed by atoms with Crippen molar-refractivity contribution in [2.45, 2.75) is 19.8 Å². The van der Waals surface area contributed by atoms with Crippen molar-refractivity contribution in [2.75, 3.05) is 37.7 Å². The molecule has 1 fully saturated rings. The molecule has 0 aliphatic carbocycles. The molecule has 1 aromatic carbocycles. The van der Waals surface area contributed by atoms with Gasteiger partial charge in [-0.05, 0) is 19.1 Å². The molecule has 0 aromatic heterocycles. The van der Waals surface area contributed by atoms with Crippen LogP contribution in [-0.4, -0.2) is 49.6 Å². The molecule has 114 valence electrons. The van der Waals surface area contributed by atoms with Crippen molar-refractivity contribution in [2.24, 2.45) is 0 Å². The normalized spacial score (nSPS) is 14.8. The fourth-order valence-corrected chi connectivity index (χ4v) is 2.43. The highest BCUT2D eigenvalue weighted by Gasteiger charge is 2.20. The van der Waals surface area contributed by atoms with Gasteiger partial charge in [0.25, 0.3) is 0 Å². The van der Waals surface area contributed by atoms with E-state index in [9.17, 15) is 9.59 Å². The Bertz CT molecular complexity index is 470. The molecule has 1 saturated heterocycles. The number of carbonyl (C=O) groups excluding carboxylic acids is 2. The van der Waals surface area contributed by atoms with Crippen LogP contribution in [0.5, 0.6) is 0 Å². The van der Waals surface area contributed by atoms with Crippen molar-refractivity contribution in [3.05, 3.63) is 30.3 Å². The second-order valence-corrected chi connectivity index (χ2v) is 4.97. The lowest BCUT2D eigenvalue weighted by Gasteiger charge is -2.27. The van der Waals surface area contributed by atoms with Gasteiger partial charge in [-0.15, -0.1) is 0 Å². The summed E-state index contributed by atoms with van der Waals surface area (Å²) in [6.45, 7) is 4.98. The Morgan fingerprint density at radius 1 is 1.14 bits per heavy atom. The lowest BCUT2D eigenvalue weighted by molar-refractivity contribution is -0.136. The number of hydrogen-bond donors (Lipinski definition) is 0. The third-order valence-corrected chi connectivity index (χ3v) is 3.60. The third-order valence-electron chi connectivity index (χ3n) is 3.60. The predicted octanol–water partition coefficient (Wildman–Crippen LogP) is 1.68. The Balaban J connectivity index is 1.86. The molecule has 2 rings (SSSR count). The quantitative estimate of drug-likeness (QED) is 0.829. The van der Waals surface area contributed by atoms with E-state index in [1.807, 2.05) is 37.3 Å². The molecule has 0 bridgehead atoms. The lowest BCUT2D eigenvalue weighted by Crippen LogP contribution is -2.41. The highest BCUT2D eigenvalue weighted by Crippen LogP contribution is 2.15. The van der Waals surface area contributed by atoms with E-state index in [2.05, 4.69) is 0 Å². The molecule has 0 spiro atoms. The van der Waals surface area contributed by atoms with E-state index in [0.29, 0.717) is 32.8 Å². The Kier molecular flexibility index (Phi) is 5.75. The van der Waals surface area contributed by atoms with E-state index >= 15 is 0 Å². The molecular weight excluding hydrogens is 268 g/mol. The largest absolute Gasteiger partial charge is 0.378 e. The van der Waals surface area contributed by atoms with E-state index in [1.165, 1.54) is 0 Å². The van der Waals surface area contributed by atoms with Gasteiger partial charge in [-0.25, -0.2) is 0 Å². The number of ether oxygens (including phenoxy) is 1. The first-order valence-electron chi connectivity index (χ1n) is 7.43. The Labute approximate surface area is 125 Å². The van der Waals surface area contributed by atoms with Gasteiger partial charge in [0, 0.05) is 38.2 Å². The van der Waals surface area contributed by atoms with Gasteiger partial charge < -0.3 is 14.5 Å². The topological polar surface area (TPSA) is 49.9 Å². The van der Waals surface area contributed by atoms with Crippen LogP contribution in [0, 0.1) is 0 Å². The standard InChI is InChI=1S/C16H22N2O3/c1-2-18(14-6-4-3-5-7-14)16(20)9-8-15(19)17-10-12-21-13-11-17/h3-7H,2,8-13H2,1H3. The molecule has 5 heteroatoms. The molecule has 0 radical (unpaired) electrons. The van der Waals surface area contributed by atoms with Crippen LogP contribution in [0.4, 0.5) is 5.69 Å². The SMILES string of the molecule is CCN(C(=O)CCC(=O)N1CCOCC1)c1ccccc1. The second-order valence-electron chi connectivity index (χ2n) is 4.97. The number of morpholine rings is 1. The molecule has 5 nitrogen and oxygen atoms in total. The van der Waals surface area contributed by atoms with Crippen LogP contribution in [0.15, 0.2) is 30.3 Å². The Morgan fingerprint density at radius 2 is 1.81 bits per heavy atom. The summed E-state index contributed by atoms with van der Waals surface area (Å²) in [6.07, 6.45) is 0.515. The zero-order valence-electron chi connectivity index (χ0n) is 12.5. The number of anilines is 1. The minimum absolute atomic E-state index is 0.00897. The minimum Gasteiger partial charge on any atom is -0.378 e. The number of nitrogens with zero attached hydrogens (tertiary/aromatic N) is 2. The summed E-state index contributed by atoms with van der Waals surface area (Å²) in [5, 5.41) is 0. The summed E-state index contributed by atoms with van der Waals surface area (Å²) in [7, 11) is 0. The smallest absolute Gasteiger partial charge is 0.227 e. The summed E-state index contributed by atoms with van der Waals surface area (Å²) in [5.74, 6) is 0.0288. The summed E-state index contributed by atoms with van der Waals surface area (Å²) in [4.78, 5) is 27.8. The van der Waals surface area contributed by atoms with Gasteiger partial charge in [-0.2, -0.15) is 0 Å². The average Bonchev–Trinajstić information content (AvgIpc) is 2.55. The van der Waals surface area contributed by atoms with Crippen LogP contribution < -0.4 is 4.90 Å². The number of rotatable bonds is 5. The van der Waals surface area contributed by atoms with E-state index in [-0.39, 0.29) is 24.7 Å². The maximum atomic E-state index is 12.3. The van der Waals surface area contributed by atoms with E-state index in [1.54, 1.807) is 9.80 Å². The zero-order valence-corrected chi connectivity index (χ0v) is 12.5. The fourth-order valence-electron chi connectivity index (χ4n) is 2.43. The molecular formula is C16H22N2O3. The van der Waals surface area contributed by atoms with Crippen LogP contribution in [0.1, 0.15) is 19.8 Å². The summed E-state index contributed by atoms with van der Waals surface area (Å²) in [5.41, 5.74) is 0.879. The molecule has 0 atom stereocenters. The maximum absolute atomic E-state index is 12.3. The molecule has 1 aliphatic heterocycles. The summed E-state index contributed by atoms with van der Waals surface area (Å²) in [6, 6.07) is 9.55. The molecule has 21 heavy (non-hydrogen) atoms. The van der Waals surface area contributed by atoms with Gasteiger partial charge in [-0.1, -0.05) is 18.2 Å². The lowest BCUT2D eigenvalue weighted by atomic mass is 10.2. The monoisotopic (exact) mass is 290 g/mol. The highest BCUT2D eigenvalue weighted by atomic mass is 16.5. The van der Waals surface area contributed by atoms with Crippen molar-refractivity contribution in [3.63, 3.8) is 0 Å². The molecule has 0 saturated carbocycles. The number of para-hydroxylation sites is 1. The van der Waals surface area contributed by atoms with Crippen LogP contribution in [0.25, 0.3) is 0 Å². The molecule has 2 amide bonds. The summed E-state index contributed by atoms with van der Waals surface area (Å²) >= 11 is 0. The van der Waals surface area contributed by atoms with Crippen LogP contribution in [-0.2, 0) is 14.3 Å². The Hall–Kier alpha value is -1.88. The number of carbonyl (C=O) groups is 2. The van der Waals surface area contributed by atoms with Crippen LogP contribution >= 0.6 is 0 Å². The van der Waals surface area contributed by atoms with E-state index in [4.69, 9.17) is 4.74 Å². The van der Waals surface area contributed by atoms with Crippen LogP contribution in [0.3, 0.4) is 0 Å². The van der Waals surface area contributed by atoms with Gasteiger partial charge in [0.1, 0.15) is 0 Å². The fraction of sp³-hybridized carbons (Fsp3) is 0.500. The number of benzene rings is 1. The van der Waals surface area contributed by atoms with E-state index in [0.717, 1.165) is 5.69 Å². The average molecular weight is 290 g/mol. The molecule has 1 aromatic rings. The van der Waals surface area contributed by atoms with Gasteiger partial charge in [0.05, 0.1) is 13.2 Å². The minimum atomic E-state index is -0.00897. The van der Waals surface area contributed by atoms with Crippen molar-refractivity contribution in [1.29, 1.82) is 0 Å². The van der Waals surface area contributed by atoms with Gasteiger partial charge in [0.2, 0.25) is 11.8 Å². The first-order chi connectivity index (χ1) is 10.2. The molecule has 1 heterocycles. The first kappa shape index (κ1) is 15.5. The van der Waals surface area contributed by atoms with Crippen molar-refractivity contribution in [3.8, 4) is 0 Å². The van der Waals surface area contributed by atoms with Crippen molar-refractivity contribution < 1.29 is 14.3 Å². The van der Waals surface area contributed by atoms with Crippen molar-refractivity contribution in [1.82, 2.24) is 4.90 Å². The molecule has 1 aliphatic rings. The number of hydrogen-bond acceptors (Lipinski definition) is 3. The number of amides is 2. The van der Waals surface area contributed by atoms with Crippen LogP contribution in [0.2, 0.25) is 0 Å². The Morgan fingerprint density at radius 3 is 2.43 bits per heavy atom. The molecule has 0 N–H and O–H groups in total. The zero-order chi connectivity index (χ0) is 15.1. The molecule has 0 unspecified atom stereocenters. The third kappa shape index (κ3) is 4.29. The predicted molar refractivity (Wildman–Crippen MR) is 81.1 cm³/mol. The van der Waals surface area contributed by atoms with Crippen molar-refractivity contribution >= 4 is 17.5 Å². The van der Waals surface area contributed by atoms with E-state index < -0.39 is 0 Å². The maximum Gasteiger partial charge on any atom is 0.227 e. The first-order valence-corrected chi connectivity index (χ1v) is 7.43. The second kappa shape index (κ2) is 7.78. The van der Waals surface area contributed by atoms with Gasteiger partial charge in [-0.3, -0.25) is 9.59 Å². The summed E-state index contributed by atoms with van der Waals surface area (Å²) < 4.78 is 5.22. The van der Waals surface area contributed by atoms with Gasteiger partial charge in [0.15, 0.2) is 0 Å². The van der Waals surface area contributed by atoms with Gasteiger partial charge >= 0.3 is 0 Å².